The molecule has 0 fully saturated rings. The first-order valence-corrected chi connectivity index (χ1v) is 9.32. The number of rotatable bonds is 7. The molecule has 0 amide bonds. The summed E-state index contributed by atoms with van der Waals surface area (Å²) in [7, 11) is 1.79. The molecule has 0 aliphatic rings. The minimum atomic E-state index is -2.58. The lowest BCUT2D eigenvalue weighted by atomic mass is 10.2. The predicted octanol–water partition coefficient (Wildman–Crippen LogP) is 3.38. The Morgan fingerprint density at radius 1 is 1.03 bits per heavy atom. The van der Waals surface area contributed by atoms with Crippen molar-refractivity contribution < 1.29 is 13.5 Å². The van der Waals surface area contributed by atoms with Gasteiger partial charge in [0.1, 0.15) is 23.8 Å². The Hall–Kier alpha value is -4.02. The summed E-state index contributed by atoms with van der Waals surface area (Å²) in [5.41, 5.74) is 2.37. The van der Waals surface area contributed by atoms with Crippen molar-refractivity contribution in [2.75, 3.05) is 12.4 Å². The molecule has 0 radical (unpaired) electrons. The number of hydrogen-bond donors (Lipinski definition) is 1. The van der Waals surface area contributed by atoms with E-state index in [2.05, 4.69) is 35.8 Å². The smallest absolute Gasteiger partial charge is 0.265 e. The lowest BCUT2D eigenvalue weighted by Crippen LogP contribution is -2.09. The summed E-state index contributed by atoms with van der Waals surface area (Å²) in [5.74, 6) is 1.40. The van der Waals surface area contributed by atoms with E-state index in [-0.39, 0.29) is 12.2 Å². The molecule has 0 aliphatic carbocycles. The molecular formula is C20H18F2N8O. The number of alkyl halides is 2. The monoisotopic (exact) mass is 424 g/mol. The summed E-state index contributed by atoms with van der Waals surface area (Å²) < 4.78 is 32.7. The zero-order valence-electron chi connectivity index (χ0n) is 16.7. The highest BCUT2D eigenvalue weighted by Crippen LogP contribution is 2.21. The standard InChI is InChI=1S/C20H18F2N8O/c1-12-16(30(29-26-12)18-8-6-13(10-24-18)20(21)22)11-31-19-9-7-15(27-28-19)14-4-3-5-17(23-2)25-14/h3-10,20H,11H2,1-2H3,(H,23,25). The third-order valence-electron chi connectivity index (χ3n) is 4.46. The van der Waals surface area contributed by atoms with Crippen LogP contribution in [0, 0.1) is 6.92 Å². The van der Waals surface area contributed by atoms with Gasteiger partial charge < -0.3 is 10.1 Å². The van der Waals surface area contributed by atoms with Gasteiger partial charge in [0.2, 0.25) is 5.88 Å². The first kappa shape index (κ1) is 20.3. The van der Waals surface area contributed by atoms with Crippen LogP contribution in [0.4, 0.5) is 14.6 Å². The van der Waals surface area contributed by atoms with Gasteiger partial charge in [-0.15, -0.1) is 15.3 Å². The first-order valence-electron chi connectivity index (χ1n) is 9.32. The molecule has 0 aromatic carbocycles. The van der Waals surface area contributed by atoms with Crippen LogP contribution in [0.1, 0.15) is 23.4 Å². The summed E-state index contributed by atoms with van der Waals surface area (Å²) >= 11 is 0. The molecule has 31 heavy (non-hydrogen) atoms. The van der Waals surface area contributed by atoms with Gasteiger partial charge in [-0.2, -0.15) is 4.68 Å². The zero-order chi connectivity index (χ0) is 21.8. The Morgan fingerprint density at radius 2 is 1.90 bits per heavy atom. The van der Waals surface area contributed by atoms with Gasteiger partial charge in [0.05, 0.1) is 11.4 Å². The van der Waals surface area contributed by atoms with Crippen molar-refractivity contribution in [3.63, 3.8) is 0 Å². The van der Waals surface area contributed by atoms with Crippen molar-refractivity contribution in [2.45, 2.75) is 20.0 Å². The molecule has 158 valence electrons. The minimum Gasteiger partial charge on any atom is -0.470 e. The van der Waals surface area contributed by atoms with Crippen LogP contribution in [0.15, 0.2) is 48.7 Å². The third-order valence-corrected chi connectivity index (χ3v) is 4.46. The average molecular weight is 424 g/mol. The van der Waals surface area contributed by atoms with E-state index >= 15 is 0 Å². The lowest BCUT2D eigenvalue weighted by Gasteiger charge is -2.09. The Labute approximate surface area is 176 Å². The van der Waals surface area contributed by atoms with Gasteiger partial charge in [-0.3, -0.25) is 0 Å². The number of aromatic nitrogens is 7. The minimum absolute atomic E-state index is 0.0959. The molecular weight excluding hydrogens is 406 g/mol. The van der Waals surface area contributed by atoms with Gasteiger partial charge in [-0.1, -0.05) is 11.3 Å². The molecule has 0 atom stereocenters. The third kappa shape index (κ3) is 4.44. The summed E-state index contributed by atoms with van der Waals surface area (Å²) in [6.45, 7) is 1.86. The van der Waals surface area contributed by atoms with E-state index in [1.165, 1.54) is 16.8 Å². The van der Waals surface area contributed by atoms with Crippen molar-refractivity contribution >= 4 is 5.82 Å². The summed E-state index contributed by atoms with van der Waals surface area (Å²) in [4.78, 5) is 8.47. The molecule has 11 heteroatoms. The Balaban J connectivity index is 1.49. The van der Waals surface area contributed by atoms with E-state index in [1.807, 2.05) is 18.2 Å². The predicted molar refractivity (Wildman–Crippen MR) is 108 cm³/mol. The molecule has 0 saturated carbocycles. The van der Waals surface area contributed by atoms with Crippen molar-refractivity contribution in [1.82, 2.24) is 35.2 Å². The van der Waals surface area contributed by atoms with Crippen molar-refractivity contribution in [3.05, 3.63) is 65.6 Å². The molecule has 0 aliphatic heterocycles. The topological polar surface area (TPSA) is 104 Å². The number of anilines is 1. The SMILES string of the molecule is CNc1cccc(-c2ccc(OCc3c(C)nnn3-c3ccc(C(F)F)cn3)nn2)n1. The highest BCUT2D eigenvalue weighted by molar-refractivity contribution is 5.56. The Kier molecular flexibility index (Phi) is 5.74. The molecule has 0 unspecified atom stereocenters. The van der Waals surface area contributed by atoms with E-state index in [1.54, 1.807) is 26.1 Å². The second-order valence-electron chi connectivity index (χ2n) is 6.49. The molecule has 4 heterocycles. The van der Waals surface area contributed by atoms with Gasteiger partial charge in [0.25, 0.3) is 6.43 Å². The maximum absolute atomic E-state index is 12.8. The van der Waals surface area contributed by atoms with Crippen molar-refractivity contribution in [3.8, 4) is 23.1 Å². The highest BCUT2D eigenvalue weighted by atomic mass is 19.3. The summed E-state index contributed by atoms with van der Waals surface area (Å²) in [6, 6.07) is 11.8. The number of nitrogens with one attached hydrogen (secondary N) is 1. The molecule has 9 nitrogen and oxygen atoms in total. The molecule has 4 aromatic heterocycles. The van der Waals surface area contributed by atoms with Crippen molar-refractivity contribution in [1.29, 1.82) is 0 Å². The zero-order valence-corrected chi connectivity index (χ0v) is 16.7. The van der Waals surface area contributed by atoms with Crippen LogP contribution in [-0.2, 0) is 6.61 Å². The van der Waals surface area contributed by atoms with E-state index in [0.717, 1.165) is 12.0 Å². The van der Waals surface area contributed by atoms with Gasteiger partial charge >= 0.3 is 0 Å². The van der Waals surface area contributed by atoms with Crippen LogP contribution in [0.3, 0.4) is 0 Å². The second kappa shape index (κ2) is 8.78. The maximum Gasteiger partial charge on any atom is 0.265 e. The number of aryl methyl sites for hydroxylation is 1. The normalized spacial score (nSPS) is 11.0. The number of hydrogen-bond acceptors (Lipinski definition) is 8. The van der Waals surface area contributed by atoms with Gasteiger partial charge in [-0.05, 0) is 37.3 Å². The van der Waals surface area contributed by atoms with Gasteiger partial charge in [-0.25, -0.2) is 18.7 Å². The van der Waals surface area contributed by atoms with Gasteiger partial charge in [0, 0.05) is 24.9 Å². The van der Waals surface area contributed by atoms with Crippen molar-refractivity contribution in [2.24, 2.45) is 0 Å². The van der Waals surface area contributed by atoms with Gasteiger partial charge in [0.15, 0.2) is 5.82 Å². The van der Waals surface area contributed by atoms with Crippen LogP contribution in [-0.4, -0.2) is 42.2 Å². The molecule has 0 spiro atoms. The lowest BCUT2D eigenvalue weighted by molar-refractivity contribution is 0.151. The molecule has 1 N–H and O–H groups in total. The van der Waals surface area contributed by atoms with Crippen LogP contribution >= 0.6 is 0 Å². The van der Waals surface area contributed by atoms with Crippen LogP contribution in [0.5, 0.6) is 5.88 Å². The Morgan fingerprint density at radius 3 is 2.58 bits per heavy atom. The fraction of sp³-hybridized carbons (Fsp3) is 0.200. The largest absolute Gasteiger partial charge is 0.470 e. The molecule has 0 bridgehead atoms. The number of pyridine rings is 2. The van der Waals surface area contributed by atoms with E-state index in [9.17, 15) is 8.78 Å². The maximum atomic E-state index is 12.8. The molecule has 0 saturated heterocycles. The number of halogens is 2. The number of ether oxygens (including phenoxy) is 1. The number of nitrogens with zero attached hydrogens (tertiary/aromatic N) is 7. The quantitative estimate of drug-likeness (QED) is 0.482. The fourth-order valence-electron chi connectivity index (χ4n) is 2.77. The van der Waals surface area contributed by atoms with Crippen LogP contribution in [0.2, 0.25) is 0 Å². The van der Waals surface area contributed by atoms with E-state index < -0.39 is 6.43 Å². The fourth-order valence-corrected chi connectivity index (χ4v) is 2.77. The molecule has 4 rings (SSSR count). The van der Waals surface area contributed by atoms with E-state index in [4.69, 9.17) is 4.74 Å². The first-order chi connectivity index (χ1) is 15.0. The second-order valence-corrected chi connectivity index (χ2v) is 6.49. The van der Waals surface area contributed by atoms with Crippen LogP contribution < -0.4 is 10.1 Å². The molecule has 4 aromatic rings. The highest BCUT2D eigenvalue weighted by Gasteiger charge is 2.15. The Bertz CT molecular complexity index is 1160. The summed E-state index contributed by atoms with van der Waals surface area (Å²) in [5, 5.41) is 19.3. The van der Waals surface area contributed by atoms with Crippen LogP contribution in [0.25, 0.3) is 17.2 Å². The average Bonchev–Trinajstić information content (AvgIpc) is 3.18. The van der Waals surface area contributed by atoms with E-state index in [0.29, 0.717) is 34.5 Å². The summed E-state index contributed by atoms with van der Waals surface area (Å²) in [6.07, 6.45) is -1.47.